The normalized spacial score (nSPS) is 10.8. The van der Waals surface area contributed by atoms with Gasteiger partial charge < -0.3 is 24.6 Å². The topological polar surface area (TPSA) is 87.9 Å². The summed E-state index contributed by atoms with van der Waals surface area (Å²) in [7, 11) is 3.21. The zero-order valence-corrected chi connectivity index (χ0v) is 15.4. The summed E-state index contributed by atoms with van der Waals surface area (Å²) in [5.74, 6) is 1.93. The molecule has 1 heterocycles. The molecule has 2 aromatic carbocycles. The fourth-order valence-corrected chi connectivity index (χ4v) is 2.94. The maximum atomic E-state index is 9.18. The number of aromatic nitrogens is 2. The van der Waals surface area contributed by atoms with E-state index in [1.807, 2.05) is 35.2 Å². The van der Waals surface area contributed by atoms with Crippen molar-refractivity contribution in [2.24, 2.45) is 0 Å². The molecular formula is C20H23N3O4. The molecule has 3 rings (SSSR count). The molecule has 0 atom stereocenters. The van der Waals surface area contributed by atoms with E-state index in [0.29, 0.717) is 30.4 Å². The van der Waals surface area contributed by atoms with Crippen molar-refractivity contribution >= 4 is 16.6 Å². The predicted octanol–water partition coefficient (Wildman–Crippen LogP) is 2.10. The van der Waals surface area contributed by atoms with Gasteiger partial charge in [-0.05, 0) is 24.3 Å². The molecule has 0 amide bonds. The average molecular weight is 369 g/mol. The highest BCUT2D eigenvalue weighted by atomic mass is 16.5. The Balaban J connectivity index is 1.95. The quantitative estimate of drug-likeness (QED) is 0.629. The van der Waals surface area contributed by atoms with Gasteiger partial charge in [0.25, 0.3) is 0 Å². The average Bonchev–Trinajstić information content (AvgIpc) is 2.72. The minimum absolute atomic E-state index is 0.0270. The van der Waals surface area contributed by atoms with Gasteiger partial charge in [0.1, 0.15) is 11.5 Å². The van der Waals surface area contributed by atoms with Crippen LogP contribution in [0.5, 0.6) is 11.5 Å². The van der Waals surface area contributed by atoms with Crippen molar-refractivity contribution in [2.75, 3.05) is 45.4 Å². The van der Waals surface area contributed by atoms with Crippen LogP contribution < -0.4 is 14.4 Å². The number of benzene rings is 2. The van der Waals surface area contributed by atoms with Crippen molar-refractivity contribution in [3.63, 3.8) is 0 Å². The highest BCUT2D eigenvalue weighted by molar-refractivity contribution is 5.87. The molecule has 0 aliphatic rings. The summed E-state index contributed by atoms with van der Waals surface area (Å²) >= 11 is 0. The molecule has 7 nitrogen and oxygen atoms in total. The first-order valence-electron chi connectivity index (χ1n) is 8.66. The second-order valence-electron chi connectivity index (χ2n) is 5.94. The summed E-state index contributed by atoms with van der Waals surface area (Å²) in [6, 6.07) is 11.4. The van der Waals surface area contributed by atoms with Crippen LogP contribution in [0.2, 0.25) is 0 Å². The summed E-state index contributed by atoms with van der Waals surface area (Å²) in [6.07, 6.45) is 1.74. The number of methoxy groups -OCH3 is 2. The van der Waals surface area contributed by atoms with E-state index in [2.05, 4.69) is 9.97 Å². The van der Waals surface area contributed by atoms with E-state index in [1.54, 1.807) is 26.5 Å². The highest BCUT2D eigenvalue weighted by Gasteiger charge is 2.11. The summed E-state index contributed by atoms with van der Waals surface area (Å²) in [5, 5.41) is 19.2. The summed E-state index contributed by atoms with van der Waals surface area (Å²) in [5.41, 5.74) is 2.53. The third-order valence-electron chi connectivity index (χ3n) is 4.32. The standard InChI is InChI=1S/C20H23N3O4/c1-26-16-11-18-17(19(12-16)27-2)13-21-20(22-18)14-3-5-15(6-4-14)23(7-9-24)8-10-25/h3-6,11-13,24-25H,7-10H2,1-2H3. The van der Waals surface area contributed by atoms with Crippen LogP contribution in [0.4, 0.5) is 5.69 Å². The van der Waals surface area contributed by atoms with Gasteiger partial charge in [-0.15, -0.1) is 0 Å². The second-order valence-corrected chi connectivity index (χ2v) is 5.94. The predicted molar refractivity (Wildman–Crippen MR) is 104 cm³/mol. The van der Waals surface area contributed by atoms with Crippen LogP contribution in [-0.4, -0.2) is 60.7 Å². The van der Waals surface area contributed by atoms with Crippen LogP contribution in [0.25, 0.3) is 22.3 Å². The van der Waals surface area contributed by atoms with Crippen molar-refractivity contribution in [1.82, 2.24) is 9.97 Å². The molecule has 7 heteroatoms. The number of ether oxygens (including phenoxy) is 2. The van der Waals surface area contributed by atoms with Gasteiger partial charge in [0.15, 0.2) is 5.82 Å². The van der Waals surface area contributed by atoms with Crippen LogP contribution >= 0.6 is 0 Å². The number of hydrogen-bond acceptors (Lipinski definition) is 7. The number of fused-ring (bicyclic) bond motifs is 1. The van der Waals surface area contributed by atoms with Gasteiger partial charge in [-0.25, -0.2) is 9.97 Å². The minimum atomic E-state index is 0.0270. The Kier molecular flexibility index (Phi) is 6.05. The third-order valence-corrected chi connectivity index (χ3v) is 4.32. The van der Waals surface area contributed by atoms with E-state index >= 15 is 0 Å². The molecule has 0 spiro atoms. The van der Waals surface area contributed by atoms with E-state index in [9.17, 15) is 10.2 Å². The van der Waals surface area contributed by atoms with Crippen molar-refractivity contribution < 1.29 is 19.7 Å². The molecule has 0 aliphatic carbocycles. The lowest BCUT2D eigenvalue weighted by Crippen LogP contribution is -2.29. The first-order chi connectivity index (χ1) is 13.2. The zero-order valence-electron chi connectivity index (χ0n) is 15.4. The molecule has 1 aromatic heterocycles. The van der Waals surface area contributed by atoms with Crippen LogP contribution in [0.1, 0.15) is 0 Å². The highest BCUT2D eigenvalue weighted by Crippen LogP contribution is 2.31. The van der Waals surface area contributed by atoms with E-state index in [4.69, 9.17) is 9.47 Å². The van der Waals surface area contributed by atoms with Crippen LogP contribution in [-0.2, 0) is 0 Å². The fraction of sp³-hybridized carbons (Fsp3) is 0.300. The number of nitrogens with zero attached hydrogens (tertiary/aromatic N) is 3. The van der Waals surface area contributed by atoms with Crippen molar-refractivity contribution in [3.05, 3.63) is 42.6 Å². The Morgan fingerprint density at radius 3 is 2.26 bits per heavy atom. The van der Waals surface area contributed by atoms with Crippen LogP contribution in [0.15, 0.2) is 42.6 Å². The first-order valence-corrected chi connectivity index (χ1v) is 8.66. The number of hydrogen-bond donors (Lipinski definition) is 2. The van der Waals surface area contributed by atoms with Gasteiger partial charge in [-0.1, -0.05) is 0 Å². The first kappa shape index (κ1) is 18.9. The Bertz CT molecular complexity index is 894. The maximum absolute atomic E-state index is 9.18. The molecule has 142 valence electrons. The third kappa shape index (κ3) is 4.10. The van der Waals surface area contributed by atoms with E-state index in [0.717, 1.165) is 22.2 Å². The second kappa shape index (κ2) is 8.66. The number of anilines is 1. The Labute approximate surface area is 157 Å². The molecule has 0 saturated heterocycles. The minimum Gasteiger partial charge on any atom is -0.497 e. The van der Waals surface area contributed by atoms with Gasteiger partial charge in [0.05, 0.1) is 38.3 Å². The Morgan fingerprint density at radius 2 is 1.67 bits per heavy atom. The summed E-state index contributed by atoms with van der Waals surface area (Å²) in [4.78, 5) is 11.0. The molecule has 2 N–H and O–H groups in total. The monoisotopic (exact) mass is 369 g/mol. The Hall–Kier alpha value is -2.90. The van der Waals surface area contributed by atoms with Gasteiger partial charge in [-0.2, -0.15) is 0 Å². The molecule has 0 radical (unpaired) electrons. The molecule has 0 saturated carbocycles. The number of aliphatic hydroxyl groups is 2. The Morgan fingerprint density at radius 1 is 0.963 bits per heavy atom. The largest absolute Gasteiger partial charge is 0.497 e. The molecule has 0 fully saturated rings. The number of rotatable bonds is 8. The smallest absolute Gasteiger partial charge is 0.159 e. The van der Waals surface area contributed by atoms with Crippen molar-refractivity contribution in [2.45, 2.75) is 0 Å². The molecular weight excluding hydrogens is 346 g/mol. The van der Waals surface area contributed by atoms with Crippen LogP contribution in [0.3, 0.4) is 0 Å². The lowest BCUT2D eigenvalue weighted by atomic mass is 10.1. The lowest BCUT2D eigenvalue weighted by molar-refractivity contribution is 0.281. The number of aliphatic hydroxyl groups excluding tert-OH is 2. The van der Waals surface area contributed by atoms with E-state index in [-0.39, 0.29) is 13.2 Å². The van der Waals surface area contributed by atoms with Gasteiger partial charge in [0, 0.05) is 42.7 Å². The molecule has 3 aromatic rings. The van der Waals surface area contributed by atoms with E-state index < -0.39 is 0 Å². The van der Waals surface area contributed by atoms with E-state index in [1.165, 1.54) is 0 Å². The molecule has 0 aliphatic heterocycles. The fourth-order valence-electron chi connectivity index (χ4n) is 2.94. The summed E-state index contributed by atoms with van der Waals surface area (Å²) < 4.78 is 10.7. The molecule has 0 bridgehead atoms. The molecule has 0 unspecified atom stereocenters. The van der Waals surface area contributed by atoms with Gasteiger partial charge in [0.2, 0.25) is 0 Å². The zero-order chi connectivity index (χ0) is 19.2. The van der Waals surface area contributed by atoms with Gasteiger partial charge >= 0.3 is 0 Å². The molecule has 27 heavy (non-hydrogen) atoms. The van der Waals surface area contributed by atoms with Crippen LogP contribution in [0, 0.1) is 0 Å². The van der Waals surface area contributed by atoms with Gasteiger partial charge in [-0.3, -0.25) is 0 Å². The van der Waals surface area contributed by atoms with Crippen molar-refractivity contribution in [1.29, 1.82) is 0 Å². The maximum Gasteiger partial charge on any atom is 0.159 e. The summed E-state index contributed by atoms with van der Waals surface area (Å²) in [6.45, 7) is 0.982. The lowest BCUT2D eigenvalue weighted by Gasteiger charge is -2.23. The van der Waals surface area contributed by atoms with Crippen molar-refractivity contribution in [3.8, 4) is 22.9 Å². The SMILES string of the molecule is COc1cc(OC)c2cnc(-c3ccc(N(CCO)CCO)cc3)nc2c1.